The fourth-order valence-corrected chi connectivity index (χ4v) is 2.01. The highest BCUT2D eigenvalue weighted by molar-refractivity contribution is 6.30. The zero-order valence-corrected chi connectivity index (χ0v) is 11.1. The molecule has 0 saturated carbocycles. The number of ether oxygens (including phenoxy) is 1. The maximum Gasteiger partial charge on any atom is 0.387 e. The Labute approximate surface area is 120 Å². The van der Waals surface area contributed by atoms with Crippen LogP contribution in [0.15, 0.2) is 48.5 Å². The summed E-state index contributed by atoms with van der Waals surface area (Å²) in [5, 5.41) is 0.630. The Kier molecular flexibility index (Phi) is 4.89. The van der Waals surface area contributed by atoms with E-state index in [0.29, 0.717) is 5.02 Å². The summed E-state index contributed by atoms with van der Waals surface area (Å²) in [7, 11) is 0. The second kappa shape index (κ2) is 6.65. The number of hydrazine groups is 1. The van der Waals surface area contributed by atoms with Gasteiger partial charge in [0.15, 0.2) is 0 Å². The van der Waals surface area contributed by atoms with Gasteiger partial charge >= 0.3 is 6.61 Å². The molecule has 0 radical (unpaired) electrons. The van der Waals surface area contributed by atoms with E-state index in [9.17, 15) is 8.78 Å². The first kappa shape index (κ1) is 14.7. The fraction of sp³-hybridized carbons (Fsp3) is 0.143. The summed E-state index contributed by atoms with van der Waals surface area (Å²) in [5.41, 5.74) is 4.43. The minimum atomic E-state index is -2.83. The number of alkyl halides is 2. The molecule has 1 unspecified atom stereocenters. The second-order valence-corrected chi connectivity index (χ2v) is 4.54. The monoisotopic (exact) mass is 298 g/mol. The molecule has 0 aliphatic carbocycles. The SMILES string of the molecule is NNC(c1ccc(Cl)cc1)c1ccc(OC(F)F)cc1. The molecule has 3 nitrogen and oxygen atoms in total. The van der Waals surface area contributed by atoms with Crippen molar-refractivity contribution in [2.24, 2.45) is 5.84 Å². The van der Waals surface area contributed by atoms with Gasteiger partial charge in [0.25, 0.3) is 0 Å². The first-order valence-electron chi connectivity index (χ1n) is 5.86. The Balaban J connectivity index is 2.21. The lowest BCUT2D eigenvalue weighted by Crippen LogP contribution is -2.28. The fourth-order valence-electron chi connectivity index (χ4n) is 1.88. The molecular weight excluding hydrogens is 286 g/mol. The molecule has 0 fully saturated rings. The minimum Gasteiger partial charge on any atom is -0.435 e. The van der Waals surface area contributed by atoms with Crippen LogP contribution in [0.2, 0.25) is 5.02 Å². The van der Waals surface area contributed by atoms with Crippen molar-refractivity contribution in [1.82, 2.24) is 5.43 Å². The molecule has 6 heteroatoms. The van der Waals surface area contributed by atoms with E-state index in [-0.39, 0.29) is 11.8 Å². The van der Waals surface area contributed by atoms with Crippen LogP contribution in [-0.4, -0.2) is 6.61 Å². The van der Waals surface area contributed by atoms with Crippen LogP contribution in [0.3, 0.4) is 0 Å². The van der Waals surface area contributed by atoms with E-state index in [0.717, 1.165) is 11.1 Å². The Morgan fingerprint density at radius 3 is 1.90 bits per heavy atom. The molecule has 2 rings (SSSR count). The molecule has 3 N–H and O–H groups in total. The molecule has 106 valence electrons. The molecule has 2 aromatic rings. The lowest BCUT2D eigenvalue weighted by Gasteiger charge is -2.17. The van der Waals surface area contributed by atoms with Gasteiger partial charge in [0.1, 0.15) is 5.75 Å². The van der Waals surface area contributed by atoms with Crippen molar-refractivity contribution in [1.29, 1.82) is 0 Å². The highest BCUT2D eigenvalue weighted by Crippen LogP contribution is 2.25. The minimum absolute atomic E-state index is 0.107. The van der Waals surface area contributed by atoms with Gasteiger partial charge < -0.3 is 4.74 Å². The van der Waals surface area contributed by atoms with Gasteiger partial charge in [-0.15, -0.1) is 0 Å². The summed E-state index contributed by atoms with van der Waals surface area (Å²) in [4.78, 5) is 0. The molecule has 0 heterocycles. The lowest BCUT2D eigenvalue weighted by molar-refractivity contribution is -0.0498. The summed E-state index contributed by atoms with van der Waals surface area (Å²) >= 11 is 5.84. The normalized spacial score (nSPS) is 12.4. The van der Waals surface area contributed by atoms with Gasteiger partial charge in [-0.3, -0.25) is 5.84 Å². The Hall–Kier alpha value is -1.69. The molecule has 0 spiro atoms. The topological polar surface area (TPSA) is 47.3 Å². The summed E-state index contributed by atoms with van der Waals surface area (Å²) in [6, 6.07) is 13.3. The molecule has 0 bridgehead atoms. The quantitative estimate of drug-likeness (QED) is 0.656. The molecule has 0 aliphatic heterocycles. The van der Waals surface area contributed by atoms with Crippen molar-refractivity contribution in [2.45, 2.75) is 12.7 Å². The van der Waals surface area contributed by atoms with Crippen LogP contribution in [0.25, 0.3) is 0 Å². The van der Waals surface area contributed by atoms with E-state index in [1.54, 1.807) is 24.3 Å². The summed E-state index contributed by atoms with van der Waals surface area (Å²) in [6.07, 6.45) is 0. The van der Waals surface area contributed by atoms with Gasteiger partial charge in [-0.1, -0.05) is 35.9 Å². The van der Waals surface area contributed by atoms with Crippen molar-refractivity contribution in [3.8, 4) is 5.75 Å². The van der Waals surface area contributed by atoms with Gasteiger partial charge in [0.05, 0.1) is 6.04 Å². The molecule has 2 aromatic carbocycles. The zero-order valence-electron chi connectivity index (χ0n) is 10.4. The average molecular weight is 299 g/mol. The summed E-state index contributed by atoms with van der Waals surface area (Å²) in [6.45, 7) is -2.83. The number of hydrogen-bond donors (Lipinski definition) is 2. The van der Waals surface area contributed by atoms with E-state index < -0.39 is 6.61 Å². The molecule has 0 aliphatic rings. The average Bonchev–Trinajstić information content (AvgIpc) is 2.43. The van der Waals surface area contributed by atoms with E-state index in [2.05, 4.69) is 10.2 Å². The Morgan fingerprint density at radius 1 is 0.950 bits per heavy atom. The third-order valence-corrected chi connectivity index (χ3v) is 3.06. The predicted octanol–water partition coefficient (Wildman–Crippen LogP) is 3.49. The highest BCUT2D eigenvalue weighted by Gasteiger charge is 2.13. The second-order valence-electron chi connectivity index (χ2n) is 4.10. The van der Waals surface area contributed by atoms with Crippen molar-refractivity contribution in [3.63, 3.8) is 0 Å². The van der Waals surface area contributed by atoms with Crippen LogP contribution in [0.5, 0.6) is 5.75 Å². The zero-order chi connectivity index (χ0) is 14.5. The van der Waals surface area contributed by atoms with Gasteiger partial charge in [-0.25, -0.2) is 5.43 Å². The van der Waals surface area contributed by atoms with E-state index >= 15 is 0 Å². The van der Waals surface area contributed by atoms with Crippen LogP contribution in [0.4, 0.5) is 8.78 Å². The van der Waals surface area contributed by atoms with Crippen LogP contribution in [0, 0.1) is 0 Å². The van der Waals surface area contributed by atoms with Gasteiger partial charge in [-0.2, -0.15) is 8.78 Å². The van der Waals surface area contributed by atoms with Crippen LogP contribution in [-0.2, 0) is 0 Å². The maximum absolute atomic E-state index is 12.1. The number of nitrogens with two attached hydrogens (primary N) is 1. The molecule has 0 saturated heterocycles. The largest absolute Gasteiger partial charge is 0.435 e. The number of rotatable bonds is 5. The maximum atomic E-state index is 12.1. The standard InChI is InChI=1S/C14H13ClF2N2O/c15-11-5-1-9(2-6-11)13(19-18)10-3-7-12(8-4-10)20-14(16)17/h1-8,13-14,19H,18H2. The van der Waals surface area contributed by atoms with Crippen molar-refractivity contribution in [2.75, 3.05) is 0 Å². The van der Waals surface area contributed by atoms with Crippen LogP contribution in [0.1, 0.15) is 17.2 Å². The van der Waals surface area contributed by atoms with Crippen molar-refractivity contribution in [3.05, 3.63) is 64.7 Å². The summed E-state index contributed by atoms with van der Waals surface area (Å²) < 4.78 is 28.5. The summed E-state index contributed by atoms with van der Waals surface area (Å²) in [5.74, 6) is 5.67. The molecule has 20 heavy (non-hydrogen) atoms. The Morgan fingerprint density at radius 2 is 1.45 bits per heavy atom. The van der Waals surface area contributed by atoms with Gasteiger partial charge in [0.2, 0.25) is 0 Å². The van der Waals surface area contributed by atoms with Gasteiger partial charge in [0, 0.05) is 5.02 Å². The van der Waals surface area contributed by atoms with E-state index in [4.69, 9.17) is 17.4 Å². The highest BCUT2D eigenvalue weighted by atomic mass is 35.5. The Bertz CT molecular complexity index is 546. The molecular formula is C14H13ClF2N2O. The smallest absolute Gasteiger partial charge is 0.387 e. The van der Waals surface area contributed by atoms with E-state index in [1.807, 2.05) is 12.1 Å². The molecule has 0 aromatic heterocycles. The number of benzene rings is 2. The molecule has 1 atom stereocenters. The number of hydrogen-bond acceptors (Lipinski definition) is 3. The van der Waals surface area contributed by atoms with Crippen molar-refractivity contribution >= 4 is 11.6 Å². The molecule has 0 amide bonds. The van der Waals surface area contributed by atoms with Crippen LogP contribution < -0.4 is 16.0 Å². The lowest BCUT2D eigenvalue weighted by atomic mass is 9.99. The number of halogens is 3. The first-order valence-corrected chi connectivity index (χ1v) is 6.24. The van der Waals surface area contributed by atoms with Crippen LogP contribution >= 0.6 is 11.6 Å². The van der Waals surface area contributed by atoms with E-state index in [1.165, 1.54) is 12.1 Å². The van der Waals surface area contributed by atoms with Crippen molar-refractivity contribution < 1.29 is 13.5 Å². The first-order chi connectivity index (χ1) is 9.60. The third-order valence-electron chi connectivity index (χ3n) is 2.81. The number of nitrogens with one attached hydrogen (secondary N) is 1. The third kappa shape index (κ3) is 3.66. The van der Waals surface area contributed by atoms with Gasteiger partial charge in [-0.05, 0) is 35.4 Å². The predicted molar refractivity (Wildman–Crippen MR) is 73.7 cm³/mol.